The van der Waals surface area contributed by atoms with Crippen LogP contribution in [0, 0.1) is 6.92 Å². The van der Waals surface area contributed by atoms with E-state index in [-0.39, 0.29) is 17.0 Å². The number of nitrogens with one attached hydrogen (secondary N) is 1. The van der Waals surface area contributed by atoms with Gasteiger partial charge in [0, 0.05) is 11.1 Å². The van der Waals surface area contributed by atoms with Crippen LogP contribution < -0.4 is 5.32 Å². The summed E-state index contributed by atoms with van der Waals surface area (Å²) >= 11 is 0. The van der Waals surface area contributed by atoms with E-state index in [4.69, 9.17) is 0 Å². The van der Waals surface area contributed by atoms with Crippen molar-refractivity contribution in [3.63, 3.8) is 0 Å². The van der Waals surface area contributed by atoms with Gasteiger partial charge in [0.2, 0.25) is 0 Å². The third-order valence-electron chi connectivity index (χ3n) is 3.32. The molecule has 0 amide bonds. The maximum absolute atomic E-state index is 9.91. The van der Waals surface area contributed by atoms with Crippen molar-refractivity contribution in [1.82, 2.24) is 5.32 Å². The van der Waals surface area contributed by atoms with Gasteiger partial charge in [-0.1, -0.05) is 12.1 Å². The standard InChI is InChI=1S/C12H17NO2/c1-8-4-5-9(11(15)10(8)14)12(2)6-3-7-13-12/h4-5,13-15H,3,6-7H2,1-2H3. The van der Waals surface area contributed by atoms with E-state index in [1.165, 1.54) is 0 Å². The zero-order valence-electron chi connectivity index (χ0n) is 9.17. The van der Waals surface area contributed by atoms with Crippen LogP contribution in [-0.4, -0.2) is 16.8 Å². The molecular weight excluding hydrogens is 190 g/mol. The van der Waals surface area contributed by atoms with E-state index >= 15 is 0 Å². The van der Waals surface area contributed by atoms with Crippen LogP contribution in [-0.2, 0) is 5.54 Å². The van der Waals surface area contributed by atoms with Crippen molar-refractivity contribution in [1.29, 1.82) is 0 Å². The molecule has 1 aromatic carbocycles. The normalized spacial score (nSPS) is 25.7. The molecule has 3 N–H and O–H groups in total. The highest BCUT2D eigenvalue weighted by Crippen LogP contribution is 2.41. The van der Waals surface area contributed by atoms with Crippen molar-refractivity contribution in [2.75, 3.05) is 6.54 Å². The average molecular weight is 207 g/mol. The van der Waals surface area contributed by atoms with E-state index < -0.39 is 0 Å². The molecule has 1 saturated heterocycles. The molecular formula is C12H17NO2. The van der Waals surface area contributed by atoms with Crippen molar-refractivity contribution < 1.29 is 10.2 Å². The van der Waals surface area contributed by atoms with Gasteiger partial charge >= 0.3 is 0 Å². The summed E-state index contributed by atoms with van der Waals surface area (Å²) in [5.41, 5.74) is 1.30. The zero-order valence-corrected chi connectivity index (χ0v) is 9.17. The highest BCUT2D eigenvalue weighted by Gasteiger charge is 2.33. The van der Waals surface area contributed by atoms with Crippen molar-refractivity contribution in [3.05, 3.63) is 23.3 Å². The van der Waals surface area contributed by atoms with E-state index in [2.05, 4.69) is 12.2 Å². The van der Waals surface area contributed by atoms with Gasteiger partial charge in [-0.05, 0) is 38.8 Å². The van der Waals surface area contributed by atoms with Crippen LogP contribution in [0.4, 0.5) is 0 Å². The fourth-order valence-corrected chi connectivity index (χ4v) is 2.25. The van der Waals surface area contributed by atoms with Gasteiger partial charge in [-0.2, -0.15) is 0 Å². The number of phenolic OH excluding ortho intramolecular Hbond substituents is 2. The number of benzene rings is 1. The van der Waals surface area contributed by atoms with E-state index in [1.807, 2.05) is 12.1 Å². The predicted molar refractivity (Wildman–Crippen MR) is 59.1 cm³/mol. The molecule has 1 aliphatic heterocycles. The second kappa shape index (κ2) is 3.42. The lowest BCUT2D eigenvalue weighted by atomic mass is 9.89. The molecule has 82 valence electrons. The summed E-state index contributed by atoms with van der Waals surface area (Å²) in [5.74, 6) is 0.0225. The lowest BCUT2D eigenvalue weighted by molar-refractivity contribution is 0.364. The Balaban J connectivity index is 2.49. The minimum absolute atomic E-state index is 0.00225. The van der Waals surface area contributed by atoms with Crippen molar-refractivity contribution >= 4 is 0 Å². The molecule has 0 spiro atoms. The number of hydrogen-bond donors (Lipinski definition) is 3. The Morgan fingerprint density at radius 1 is 1.27 bits per heavy atom. The lowest BCUT2D eigenvalue weighted by Gasteiger charge is -2.26. The fourth-order valence-electron chi connectivity index (χ4n) is 2.25. The molecule has 3 nitrogen and oxygen atoms in total. The quantitative estimate of drug-likeness (QED) is 0.617. The first-order valence-electron chi connectivity index (χ1n) is 5.32. The van der Waals surface area contributed by atoms with Gasteiger partial charge in [-0.15, -0.1) is 0 Å². The molecule has 2 rings (SSSR count). The van der Waals surface area contributed by atoms with Crippen LogP contribution in [0.25, 0.3) is 0 Å². The second-order valence-electron chi connectivity index (χ2n) is 4.49. The van der Waals surface area contributed by atoms with Crippen molar-refractivity contribution in [3.8, 4) is 11.5 Å². The van der Waals surface area contributed by atoms with Gasteiger partial charge < -0.3 is 15.5 Å². The Hall–Kier alpha value is -1.22. The first-order chi connectivity index (χ1) is 7.04. The van der Waals surface area contributed by atoms with Gasteiger partial charge in [0.1, 0.15) is 0 Å². The van der Waals surface area contributed by atoms with Crippen LogP contribution in [0.15, 0.2) is 12.1 Å². The highest BCUT2D eigenvalue weighted by atomic mass is 16.3. The summed E-state index contributed by atoms with van der Waals surface area (Å²) in [6.07, 6.45) is 2.09. The number of rotatable bonds is 1. The van der Waals surface area contributed by atoms with Crippen molar-refractivity contribution in [2.45, 2.75) is 32.2 Å². The van der Waals surface area contributed by atoms with Crippen LogP contribution in [0.5, 0.6) is 11.5 Å². The molecule has 15 heavy (non-hydrogen) atoms. The first kappa shape index (κ1) is 10.3. The summed E-state index contributed by atoms with van der Waals surface area (Å²) in [5, 5.41) is 23.0. The molecule has 0 bridgehead atoms. The average Bonchev–Trinajstić information content (AvgIpc) is 2.62. The van der Waals surface area contributed by atoms with Crippen molar-refractivity contribution in [2.24, 2.45) is 0 Å². The minimum Gasteiger partial charge on any atom is -0.504 e. The summed E-state index contributed by atoms with van der Waals surface area (Å²) in [6.45, 7) is 4.80. The molecule has 3 heteroatoms. The molecule has 1 atom stereocenters. The molecule has 1 aromatic rings. The third kappa shape index (κ3) is 1.57. The number of aromatic hydroxyl groups is 2. The third-order valence-corrected chi connectivity index (χ3v) is 3.32. The Kier molecular flexibility index (Phi) is 2.35. The maximum atomic E-state index is 9.91. The lowest BCUT2D eigenvalue weighted by Crippen LogP contribution is -2.33. The smallest absolute Gasteiger partial charge is 0.162 e. The van der Waals surface area contributed by atoms with Gasteiger partial charge in [-0.25, -0.2) is 0 Å². The SMILES string of the molecule is Cc1ccc(C2(C)CCCN2)c(O)c1O. The number of hydrogen-bond acceptors (Lipinski definition) is 3. The number of aryl methyl sites for hydroxylation is 1. The van der Waals surface area contributed by atoms with E-state index in [0.29, 0.717) is 5.56 Å². The molecule has 1 fully saturated rings. The largest absolute Gasteiger partial charge is 0.504 e. The Bertz CT molecular complexity index is 381. The topological polar surface area (TPSA) is 52.5 Å². The van der Waals surface area contributed by atoms with Crippen LogP contribution in [0.3, 0.4) is 0 Å². The van der Waals surface area contributed by atoms with Crippen LogP contribution in [0.1, 0.15) is 30.9 Å². The molecule has 0 aliphatic carbocycles. The highest BCUT2D eigenvalue weighted by molar-refractivity contribution is 5.52. The van der Waals surface area contributed by atoms with E-state index in [1.54, 1.807) is 6.92 Å². The summed E-state index contributed by atoms with van der Waals surface area (Å²) in [6, 6.07) is 3.73. The van der Waals surface area contributed by atoms with Crippen LogP contribution >= 0.6 is 0 Å². The monoisotopic (exact) mass is 207 g/mol. The molecule has 0 radical (unpaired) electrons. The fraction of sp³-hybridized carbons (Fsp3) is 0.500. The Morgan fingerprint density at radius 3 is 2.60 bits per heavy atom. The minimum atomic E-state index is -0.199. The van der Waals surface area contributed by atoms with Gasteiger partial charge in [0.05, 0.1) is 0 Å². The van der Waals surface area contributed by atoms with Crippen LogP contribution in [0.2, 0.25) is 0 Å². The summed E-state index contributed by atoms with van der Waals surface area (Å²) in [7, 11) is 0. The summed E-state index contributed by atoms with van der Waals surface area (Å²) < 4.78 is 0. The molecule has 1 aliphatic rings. The van der Waals surface area contributed by atoms with Gasteiger partial charge in [0.15, 0.2) is 11.5 Å². The molecule has 1 unspecified atom stereocenters. The maximum Gasteiger partial charge on any atom is 0.162 e. The molecule has 1 heterocycles. The van der Waals surface area contributed by atoms with E-state index in [9.17, 15) is 10.2 Å². The Labute approximate surface area is 89.8 Å². The predicted octanol–water partition coefficient (Wildman–Crippen LogP) is 2.00. The van der Waals surface area contributed by atoms with E-state index in [0.717, 1.165) is 24.9 Å². The first-order valence-corrected chi connectivity index (χ1v) is 5.32. The summed E-state index contributed by atoms with van der Waals surface area (Å²) in [4.78, 5) is 0. The van der Waals surface area contributed by atoms with Gasteiger partial charge in [-0.3, -0.25) is 0 Å². The second-order valence-corrected chi connectivity index (χ2v) is 4.49. The molecule has 0 saturated carbocycles. The number of phenols is 2. The zero-order chi connectivity index (χ0) is 11.1. The molecule has 0 aromatic heterocycles. The van der Waals surface area contributed by atoms with Gasteiger partial charge in [0.25, 0.3) is 0 Å². The Morgan fingerprint density at radius 2 is 2.00 bits per heavy atom.